The normalized spacial score (nSPS) is 13.9. The molecule has 4 aromatic rings. The van der Waals surface area contributed by atoms with Crippen molar-refractivity contribution in [3.63, 3.8) is 0 Å². The summed E-state index contributed by atoms with van der Waals surface area (Å²) in [7, 11) is 3.90. The van der Waals surface area contributed by atoms with Crippen molar-refractivity contribution < 1.29 is 4.79 Å². The molecular formula is C31H36N6O. The van der Waals surface area contributed by atoms with Crippen LogP contribution in [0.25, 0.3) is 10.9 Å². The Morgan fingerprint density at radius 2 is 1.68 bits per heavy atom. The summed E-state index contributed by atoms with van der Waals surface area (Å²) in [4.78, 5) is 26.9. The number of aromatic nitrogens is 2. The van der Waals surface area contributed by atoms with E-state index in [1.165, 1.54) is 5.56 Å². The quantitative estimate of drug-likeness (QED) is 0.343. The number of hydrogen-bond donors (Lipinski definition) is 2. The molecule has 1 aliphatic heterocycles. The molecule has 1 fully saturated rings. The molecule has 196 valence electrons. The molecule has 1 aliphatic rings. The summed E-state index contributed by atoms with van der Waals surface area (Å²) >= 11 is 0. The van der Waals surface area contributed by atoms with E-state index in [-0.39, 0.29) is 11.8 Å². The van der Waals surface area contributed by atoms with Crippen molar-refractivity contribution in [3.8, 4) is 0 Å². The number of piperidine rings is 1. The highest BCUT2D eigenvalue weighted by Gasteiger charge is 2.27. The van der Waals surface area contributed by atoms with E-state index in [0.717, 1.165) is 59.5 Å². The van der Waals surface area contributed by atoms with Gasteiger partial charge in [-0.1, -0.05) is 54.1 Å². The van der Waals surface area contributed by atoms with E-state index in [2.05, 4.69) is 71.1 Å². The van der Waals surface area contributed by atoms with E-state index in [0.29, 0.717) is 19.0 Å². The average molecular weight is 509 g/mol. The molecule has 7 nitrogen and oxygen atoms in total. The Kier molecular flexibility index (Phi) is 7.84. The standard InChI is InChI=1S/C31H36N6O/c1-22-9-14-28-27(19-22)29(35-31(34-28)36(2)3)33-20-23-10-12-26(13-11-23)37(21-24-7-5-4-6-8-24)30(38)25-15-17-32-18-16-25/h4-14,19,25,32H,15-18,20-21H2,1-3H3,(H,33,34,35). The first-order chi connectivity index (χ1) is 18.5. The molecular weight excluding hydrogens is 472 g/mol. The van der Waals surface area contributed by atoms with Crippen LogP contribution < -0.4 is 20.4 Å². The molecule has 2 N–H and O–H groups in total. The van der Waals surface area contributed by atoms with Crippen LogP contribution in [0.5, 0.6) is 0 Å². The topological polar surface area (TPSA) is 73.4 Å². The Morgan fingerprint density at radius 3 is 2.39 bits per heavy atom. The Hall–Kier alpha value is -3.97. The van der Waals surface area contributed by atoms with Crippen molar-refractivity contribution >= 4 is 34.3 Å². The predicted molar refractivity (Wildman–Crippen MR) is 156 cm³/mol. The number of rotatable bonds is 8. The van der Waals surface area contributed by atoms with Crippen LogP contribution in [-0.4, -0.2) is 43.1 Å². The number of anilines is 3. The zero-order chi connectivity index (χ0) is 26.5. The summed E-state index contributed by atoms with van der Waals surface area (Å²) in [6, 6.07) is 24.8. The lowest BCUT2D eigenvalue weighted by atomic mass is 9.96. The van der Waals surface area contributed by atoms with Gasteiger partial charge in [0.25, 0.3) is 0 Å². The van der Waals surface area contributed by atoms with Crippen LogP contribution in [0, 0.1) is 12.8 Å². The number of carbonyl (C=O) groups is 1. The lowest BCUT2D eigenvalue weighted by Crippen LogP contribution is -2.40. The maximum atomic E-state index is 13.6. The highest BCUT2D eigenvalue weighted by Crippen LogP contribution is 2.27. The molecule has 0 saturated carbocycles. The molecule has 1 aromatic heterocycles. The van der Waals surface area contributed by atoms with Gasteiger partial charge in [-0.2, -0.15) is 4.98 Å². The van der Waals surface area contributed by atoms with Gasteiger partial charge in [0.1, 0.15) is 5.82 Å². The summed E-state index contributed by atoms with van der Waals surface area (Å²) in [5.74, 6) is 1.76. The largest absolute Gasteiger partial charge is 0.365 e. The fraction of sp³-hybridized carbons (Fsp3) is 0.323. The van der Waals surface area contributed by atoms with E-state index in [4.69, 9.17) is 4.98 Å². The van der Waals surface area contributed by atoms with E-state index in [1.54, 1.807) is 0 Å². The molecule has 2 heterocycles. The fourth-order valence-electron chi connectivity index (χ4n) is 4.90. The fourth-order valence-corrected chi connectivity index (χ4v) is 4.90. The van der Waals surface area contributed by atoms with Crippen LogP contribution in [0.3, 0.4) is 0 Å². The van der Waals surface area contributed by atoms with E-state index >= 15 is 0 Å². The SMILES string of the molecule is Cc1ccc2nc(N(C)C)nc(NCc3ccc(N(Cc4ccccc4)C(=O)C4CCNCC4)cc3)c2c1. The number of fused-ring (bicyclic) bond motifs is 1. The molecule has 1 amide bonds. The van der Waals surface area contributed by atoms with Gasteiger partial charge < -0.3 is 20.4 Å². The molecule has 0 spiro atoms. The van der Waals surface area contributed by atoms with Gasteiger partial charge in [-0.05, 0) is 68.2 Å². The van der Waals surface area contributed by atoms with Gasteiger partial charge in [0, 0.05) is 37.6 Å². The monoisotopic (exact) mass is 508 g/mol. The molecule has 0 unspecified atom stereocenters. The highest BCUT2D eigenvalue weighted by molar-refractivity contribution is 5.95. The highest BCUT2D eigenvalue weighted by atomic mass is 16.2. The minimum Gasteiger partial charge on any atom is -0.365 e. The molecule has 0 atom stereocenters. The molecule has 0 radical (unpaired) electrons. The summed E-state index contributed by atoms with van der Waals surface area (Å²) in [6.07, 6.45) is 1.76. The molecule has 5 rings (SSSR count). The summed E-state index contributed by atoms with van der Waals surface area (Å²) in [6.45, 7) is 5.06. The van der Waals surface area contributed by atoms with Crippen molar-refractivity contribution in [1.82, 2.24) is 15.3 Å². The Bertz CT molecular complexity index is 1380. The second-order valence-corrected chi connectivity index (χ2v) is 10.2. The summed E-state index contributed by atoms with van der Waals surface area (Å²) < 4.78 is 0. The van der Waals surface area contributed by atoms with Crippen LogP contribution in [0.4, 0.5) is 17.5 Å². The second-order valence-electron chi connectivity index (χ2n) is 10.2. The maximum Gasteiger partial charge on any atom is 0.230 e. The summed E-state index contributed by atoms with van der Waals surface area (Å²) in [5.41, 5.74) is 5.26. The van der Waals surface area contributed by atoms with Gasteiger partial charge in [-0.3, -0.25) is 4.79 Å². The number of nitrogens with zero attached hydrogens (tertiary/aromatic N) is 4. The minimum atomic E-state index is 0.0571. The third kappa shape index (κ3) is 5.94. The van der Waals surface area contributed by atoms with Crippen molar-refractivity contribution in [2.24, 2.45) is 5.92 Å². The number of benzene rings is 3. The van der Waals surface area contributed by atoms with E-state index in [1.807, 2.05) is 48.2 Å². The van der Waals surface area contributed by atoms with Crippen LogP contribution in [0.15, 0.2) is 72.8 Å². The minimum absolute atomic E-state index is 0.0571. The van der Waals surface area contributed by atoms with Crippen LogP contribution in [-0.2, 0) is 17.9 Å². The Labute approximate surface area is 224 Å². The van der Waals surface area contributed by atoms with Gasteiger partial charge in [-0.15, -0.1) is 0 Å². The Morgan fingerprint density at radius 1 is 0.947 bits per heavy atom. The zero-order valence-corrected chi connectivity index (χ0v) is 22.4. The predicted octanol–water partition coefficient (Wildman–Crippen LogP) is 5.15. The first-order valence-electron chi connectivity index (χ1n) is 13.3. The number of nitrogens with one attached hydrogen (secondary N) is 2. The third-order valence-corrected chi connectivity index (χ3v) is 7.09. The first kappa shape index (κ1) is 25.7. The maximum absolute atomic E-state index is 13.6. The van der Waals surface area contributed by atoms with Gasteiger partial charge in [0.2, 0.25) is 11.9 Å². The number of amides is 1. The molecule has 38 heavy (non-hydrogen) atoms. The molecule has 3 aromatic carbocycles. The van der Waals surface area contributed by atoms with Crippen molar-refractivity contribution in [2.75, 3.05) is 42.3 Å². The zero-order valence-electron chi connectivity index (χ0n) is 22.4. The first-order valence-corrected chi connectivity index (χ1v) is 13.3. The van der Waals surface area contributed by atoms with E-state index < -0.39 is 0 Å². The lowest BCUT2D eigenvalue weighted by molar-refractivity contribution is -0.123. The summed E-state index contributed by atoms with van der Waals surface area (Å²) in [5, 5.41) is 7.90. The van der Waals surface area contributed by atoms with Crippen molar-refractivity contribution in [2.45, 2.75) is 32.9 Å². The molecule has 0 aliphatic carbocycles. The van der Waals surface area contributed by atoms with E-state index in [9.17, 15) is 4.79 Å². The van der Waals surface area contributed by atoms with Crippen molar-refractivity contribution in [1.29, 1.82) is 0 Å². The molecule has 7 heteroatoms. The van der Waals surface area contributed by atoms with Gasteiger partial charge in [-0.25, -0.2) is 4.98 Å². The van der Waals surface area contributed by atoms with Crippen LogP contribution >= 0.6 is 0 Å². The van der Waals surface area contributed by atoms with Crippen molar-refractivity contribution in [3.05, 3.63) is 89.5 Å². The number of carbonyl (C=O) groups excluding carboxylic acids is 1. The molecule has 0 bridgehead atoms. The smallest absolute Gasteiger partial charge is 0.230 e. The van der Waals surface area contributed by atoms with Gasteiger partial charge in [0.05, 0.1) is 12.1 Å². The van der Waals surface area contributed by atoms with Crippen LogP contribution in [0.1, 0.15) is 29.5 Å². The Balaban J connectivity index is 1.36. The average Bonchev–Trinajstić information content (AvgIpc) is 2.95. The third-order valence-electron chi connectivity index (χ3n) is 7.09. The molecule has 1 saturated heterocycles. The van der Waals surface area contributed by atoms with Gasteiger partial charge in [0.15, 0.2) is 0 Å². The number of hydrogen-bond acceptors (Lipinski definition) is 6. The lowest BCUT2D eigenvalue weighted by Gasteiger charge is -2.30. The van der Waals surface area contributed by atoms with Crippen LogP contribution in [0.2, 0.25) is 0 Å². The number of aryl methyl sites for hydroxylation is 1. The van der Waals surface area contributed by atoms with Gasteiger partial charge >= 0.3 is 0 Å². The second kappa shape index (κ2) is 11.6.